The Balaban J connectivity index is 2.00. The molecule has 0 bridgehead atoms. The molecule has 2 heteroatoms. The molecule has 0 saturated carbocycles. The van der Waals surface area contributed by atoms with Crippen molar-refractivity contribution in [1.29, 1.82) is 0 Å². The van der Waals surface area contributed by atoms with Crippen LogP contribution in [0.3, 0.4) is 0 Å². The van der Waals surface area contributed by atoms with Gasteiger partial charge in [-0.2, -0.15) is 0 Å². The Morgan fingerprint density at radius 2 is 1.94 bits per heavy atom. The van der Waals surface area contributed by atoms with E-state index >= 15 is 0 Å². The minimum Gasteiger partial charge on any atom is -0.311 e. The summed E-state index contributed by atoms with van der Waals surface area (Å²) in [5.41, 5.74) is 2.87. The topological polar surface area (TPSA) is 15.3 Å². The SMILES string of the molecule is CC(C)c1ccc(CC2NCCN(C)C2C)cc1. The highest BCUT2D eigenvalue weighted by Crippen LogP contribution is 2.17. The first-order valence-corrected chi connectivity index (χ1v) is 7.10. The molecule has 0 aromatic heterocycles. The van der Waals surface area contributed by atoms with Crippen LogP contribution in [0.5, 0.6) is 0 Å². The van der Waals surface area contributed by atoms with Gasteiger partial charge in [0.2, 0.25) is 0 Å². The predicted octanol–water partition coefficient (Wildman–Crippen LogP) is 2.64. The van der Waals surface area contributed by atoms with Crippen LogP contribution in [0.15, 0.2) is 24.3 Å². The van der Waals surface area contributed by atoms with E-state index in [1.165, 1.54) is 11.1 Å². The van der Waals surface area contributed by atoms with E-state index in [1.54, 1.807) is 0 Å². The molecule has 1 aliphatic heterocycles. The standard InChI is InChI=1S/C16H26N2/c1-12(2)15-7-5-14(6-8-15)11-16-13(3)18(4)10-9-17-16/h5-8,12-13,16-17H,9-11H2,1-4H3. The summed E-state index contributed by atoms with van der Waals surface area (Å²) in [5, 5.41) is 3.64. The third-order valence-electron chi connectivity index (χ3n) is 4.25. The second-order valence-corrected chi connectivity index (χ2v) is 5.88. The maximum atomic E-state index is 3.64. The molecule has 1 aromatic carbocycles. The van der Waals surface area contributed by atoms with E-state index in [0.717, 1.165) is 19.5 Å². The summed E-state index contributed by atoms with van der Waals surface area (Å²) in [4.78, 5) is 2.45. The zero-order chi connectivity index (χ0) is 13.1. The summed E-state index contributed by atoms with van der Waals surface area (Å²) in [6, 6.07) is 10.3. The summed E-state index contributed by atoms with van der Waals surface area (Å²) in [7, 11) is 2.22. The Morgan fingerprint density at radius 3 is 2.56 bits per heavy atom. The van der Waals surface area contributed by atoms with Crippen molar-refractivity contribution < 1.29 is 0 Å². The van der Waals surface area contributed by atoms with Crippen LogP contribution in [0, 0.1) is 0 Å². The van der Waals surface area contributed by atoms with Crippen molar-refractivity contribution in [2.45, 2.75) is 45.2 Å². The molecule has 0 amide bonds. The number of likely N-dealkylation sites (N-methyl/N-ethyl adjacent to an activating group) is 1. The normalized spacial score (nSPS) is 25.6. The predicted molar refractivity (Wildman–Crippen MR) is 78.1 cm³/mol. The van der Waals surface area contributed by atoms with Gasteiger partial charge < -0.3 is 10.2 Å². The zero-order valence-electron chi connectivity index (χ0n) is 12.1. The van der Waals surface area contributed by atoms with E-state index in [4.69, 9.17) is 0 Å². The van der Waals surface area contributed by atoms with Gasteiger partial charge in [0.25, 0.3) is 0 Å². The van der Waals surface area contributed by atoms with Gasteiger partial charge in [-0.15, -0.1) is 0 Å². The van der Waals surface area contributed by atoms with E-state index in [0.29, 0.717) is 18.0 Å². The van der Waals surface area contributed by atoms with Crippen molar-refractivity contribution in [2.24, 2.45) is 0 Å². The highest BCUT2D eigenvalue weighted by Gasteiger charge is 2.24. The molecule has 0 aliphatic carbocycles. The Labute approximate surface area is 111 Å². The quantitative estimate of drug-likeness (QED) is 0.882. The highest BCUT2D eigenvalue weighted by molar-refractivity contribution is 5.25. The van der Waals surface area contributed by atoms with Crippen LogP contribution in [0.25, 0.3) is 0 Å². The van der Waals surface area contributed by atoms with Crippen LogP contribution >= 0.6 is 0 Å². The smallest absolute Gasteiger partial charge is 0.0261 e. The minimum absolute atomic E-state index is 0.577. The number of nitrogens with zero attached hydrogens (tertiary/aromatic N) is 1. The van der Waals surface area contributed by atoms with Crippen LogP contribution in [-0.2, 0) is 6.42 Å². The van der Waals surface area contributed by atoms with Gasteiger partial charge in [0, 0.05) is 25.2 Å². The third kappa shape index (κ3) is 3.12. The van der Waals surface area contributed by atoms with Crippen molar-refractivity contribution >= 4 is 0 Å². The van der Waals surface area contributed by atoms with Gasteiger partial charge in [0.05, 0.1) is 0 Å². The van der Waals surface area contributed by atoms with Crippen LogP contribution in [0.2, 0.25) is 0 Å². The van der Waals surface area contributed by atoms with E-state index in [2.05, 4.69) is 62.3 Å². The highest BCUT2D eigenvalue weighted by atomic mass is 15.2. The fourth-order valence-electron chi connectivity index (χ4n) is 2.64. The van der Waals surface area contributed by atoms with E-state index < -0.39 is 0 Å². The molecule has 2 atom stereocenters. The van der Waals surface area contributed by atoms with Crippen molar-refractivity contribution in [3.63, 3.8) is 0 Å². The molecular formula is C16H26N2. The summed E-state index contributed by atoms with van der Waals surface area (Å²) < 4.78 is 0. The average Bonchev–Trinajstić information content (AvgIpc) is 2.36. The van der Waals surface area contributed by atoms with Gasteiger partial charge in [-0.05, 0) is 37.4 Å². The number of piperazine rings is 1. The molecule has 0 spiro atoms. The van der Waals surface area contributed by atoms with E-state index in [1.807, 2.05) is 0 Å². The monoisotopic (exact) mass is 246 g/mol. The van der Waals surface area contributed by atoms with Crippen molar-refractivity contribution in [3.05, 3.63) is 35.4 Å². The number of benzene rings is 1. The fourth-order valence-corrected chi connectivity index (χ4v) is 2.64. The van der Waals surface area contributed by atoms with Crippen molar-refractivity contribution in [2.75, 3.05) is 20.1 Å². The molecule has 1 N–H and O–H groups in total. The lowest BCUT2D eigenvalue weighted by Gasteiger charge is -2.38. The zero-order valence-corrected chi connectivity index (χ0v) is 12.1. The van der Waals surface area contributed by atoms with Gasteiger partial charge >= 0.3 is 0 Å². The van der Waals surface area contributed by atoms with Crippen molar-refractivity contribution in [1.82, 2.24) is 10.2 Å². The fraction of sp³-hybridized carbons (Fsp3) is 0.625. The number of rotatable bonds is 3. The lowest BCUT2D eigenvalue weighted by Crippen LogP contribution is -2.55. The molecule has 100 valence electrons. The second kappa shape index (κ2) is 5.85. The Morgan fingerprint density at radius 1 is 1.28 bits per heavy atom. The van der Waals surface area contributed by atoms with E-state index in [-0.39, 0.29) is 0 Å². The van der Waals surface area contributed by atoms with Crippen LogP contribution in [0.1, 0.15) is 37.8 Å². The number of hydrogen-bond donors (Lipinski definition) is 1. The Bertz CT molecular complexity index is 369. The summed E-state index contributed by atoms with van der Waals surface area (Å²) in [6.45, 7) is 9.07. The lowest BCUT2D eigenvalue weighted by molar-refractivity contribution is 0.163. The molecule has 18 heavy (non-hydrogen) atoms. The molecule has 1 aromatic rings. The number of hydrogen-bond acceptors (Lipinski definition) is 2. The molecule has 2 rings (SSSR count). The molecule has 2 nitrogen and oxygen atoms in total. The molecule has 1 heterocycles. The molecule has 1 saturated heterocycles. The molecule has 1 fully saturated rings. The second-order valence-electron chi connectivity index (χ2n) is 5.88. The average molecular weight is 246 g/mol. The first-order valence-electron chi connectivity index (χ1n) is 7.10. The van der Waals surface area contributed by atoms with Gasteiger partial charge in [-0.3, -0.25) is 0 Å². The summed E-state index contributed by atoms with van der Waals surface area (Å²) in [6.07, 6.45) is 1.13. The number of nitrogens with one attached hydrogen (secondary N) is 1. The molecule has 0 radical (unpaired) electrons. The third-order valence-corrected chi connectivity index (χ3v) is 4.25. The molecule has 2 unspecified atom stereocenters. The molecule has 1 aliphatic rings. The van der Waals surface area contributed by atoms with Gasteiger partial charge in [-0.1, -0.05) is 38.1 Å². The van der Waals surface area contributed by atoms with Gasteiger partial charge in [0.15, 0.2) is 0 Å². The first-order chi connectivity index (χ1) is 8.58. The maximum absolute atomic E-state index is 3.64. The molecular weight excluding hydrogens is 220 g/mol. The van der Waals surface area contributed by atoms with Crippen LogP contribution < -0.4 is 5.32 Å². The van der Waals surface area contributed by atoms with Crippen LogP contribution in [-0.4, -0.2) is 37.1 Å². The van der Waals surface area contributed by atoms with Crippen molar-refractivity contribution in [3.8, 4) is 0 Å². The summed E-state index contributed by atoms with van der Waals surface area (Å²) in [5.74, 6) is 0.622. The minimum atomic E-state index is 0.577. The van der Waals surface area contributed by atoms with E-state index in [9.17, 15) is 0 Å². The van der Waals surface area contributed by atoms with Gasteiger partial charge in [0.1, 0.15) is 0 Å². The lowest BCUT2D eigenvalue weighted by atomic mass is 9.95. The summed E-state index contributed by atoms with van der Waals surface area (Å²) >= 11 is 0. The Hall–Kier alpha value is -0.860. The van der Waals surface area contributed by atoms with Crippen LogP contribution in [0.4, 0.5) is 0 Å². The first kappa shape index (κ1) is 13.6. The maximum Gasteiger partial charge on any atom is 0.0261 e. The van der Waals surface area contributed by atoms with Gasteiger partial charge in [-0.25, -0.2) is 0 Å². The Kier molecular flexibility index (Phi) is 4.41. The largest absolute Gasteiger partial charge is 0.311 e.